The van der Waals surface area contributed by atoms with E-state index in [1.54, 1.807) is 42.6 Å². The topological polar surface area (TPSA) is 97.3 Å². The first-order chi connectivity index (χ1) is 20.3. The van der Waals surface area contributed by atoms with Crippen LogP contribution >= 0.6 is 0 Å². The van der Waals surface area contributed by atoms with Crippen molar-refractivity contribution in [1.29, 1.82) is 0 Å². The molecule has 0 bridgehead atoms. The van der Waals surface area contributed by atoms with Gasteiger partial charge in [-0.1, -0.05) is 78.4 Å². The van der Waals surface area contributed by atoms with Crippen molar-refractivity contribution in [2.24, 2.45) is 0 Å². The highest BCUT2D eigenvalue weighted by atomic mass is 16.2. The minimum absolute atomic E-state index is 0.146. The lowest BCUT2D eigenvalue weighted by atomic mass is 10.0. The highest BCUT2D eigenvalue weighted by Crippen LogP contribution is 2.25. The molecule has 208 valence electrons. The average Bonchev–Trinajstić information content (AvgIpc) is 3.34. The summed E-state index contributed by atoms with van der Waals surface area (Å²) in [6.07, 6.45) is 4.24. The summed E-state index contributed by atoms with van der Waals surface area (Å²) in [5.74, 6) is -1.48. The van der Waals surface area contributed by atoms with E-state index in [4.69, 9.17) is 0 Å². The van der Waals surface area contributed by atoms with Gasteiger partial charge in [0.1, 0.15) is 0 Å². The smallest absolute Gasteiger partial charge is 0.255 e. The van der Waals surface area contributed by atoms with E-state index >= 15 is 0 Å². The Labute approximate surface area is 243 Å². The molecule has 0 atom stereocenters. The fraction of sp³-hybridized carbons (Fsp3) is 0.0857. The van der Waals surface area contributed by atoms with Crippen LogP contribution in [-0.4, -0.2) is 28.1 Å². The molecule has 0 aliphatic heterocycles. The van der Waals surface area contributed by atoms with Gasteiger partial charge in [0.15, 0.2) is 5.78 Å². The molecule has 5 rings (SSSR count). The number of allylic oxidation sites excluding steroid dienone is 1. The van der Waals surface area contributed by atoms with Crippen LogP contribution in [0.4, 0.5) is 11.4 Å². The number of carbonyl (C=O) groups excluding carboxylic acids is 4. The Bertz CT molecular complexity index is 1830. The Hall–Kier alpha value is -5.56. The Morgan fingerprint density at radius 3 is 2.24 bits per heavy atom. The second-order valence-electron chi connectivity index (χ2n) is 10.0. The molecular formula is C35H29N3O4. The normalized spacial score (nSPS) is 11.0. The predicted molar refractivity (Wildman–Crippen MR) is 165 cm³/mol. The van der Waals surface area contributed by atoms with Crippen molar-refractivity contribution in [1.82, 2.24) is 4.57 Å². The number of benzene rings is 4. The van der Waals surface area contributed by atoms with E-state index in [1.165, 1.54) is 16.7 Å². The second kappa shape index (κ2) is 12.3. The Kier molecular flexibility index (Phi) is 8.20. The number of para-hydroxylation sites is 1. The molecular weight excluding hydrogens is 526 g/mol. The lowest BCUT2D eigenvalue weighted by Gasteiger charge is -2.13. The van der Waals surface area contributed by atoms with Crippen LogP contribution in [0, 0.1) is 13.8 Å². The lowest BCUT2D eigenvalue weighted by Crippen LogP contribution is -2.18. The van der Waals surface area contributed by atoms with E-state index in [9.17, 15) is 19.2 Å². The zero-order valence-corrected chi connectivity index (χ0v) is 23.3. The number of nitrogens with zero attached hydrogens (tertiary/aromatic N) is 1. The molecule has 42 heavy (non-hydrogen) atoms. The molecule has 0 saturated carbocycles. The van der Waals surface area contributed by atoms with Gasteiger partial charge < -0.3 is 10.6 Å². The quantitative estimate of drug-likeness (QED) is 0.169. The van der Waals surface area contributed by atoms with Crippen LogP contribution in [0.2, 0.25) is 0 Å². The second-order valence-corrected chi connectivity index (χ2v) is 10.0. The number of amides is 2. The maximum absolute atomic E-state index is 13.4. The van der Waals surface area contributed by atoms with Crippen LogP contribution in [0.5, 0.6) is 0 Å². The van der Waals surface area contributed by atoms with Crippen LogP contribution in [-0.2, 0) is 16.0 Å². The van der Waals surface area contributed by atoms with E-state index in [1.807, 2.05) is 68.4 Å². The number of nitrogens with one attached hydrogen (secondary N) is 2. The van der Waals surface area contributed by atoms with Gasteiger partial charge in [0.2, 0.25) is 11.8 Å². The van der Waals surface area contributed by atoms with Gasteiger partial charge >= 0.3 is 0 Å². The van der Waals surface area contributed by atoms with Crippen LogP contribution in [0.3, 0.4) is 0 Å². The molecule has 4 aromatic carbocycles. The molecule has 0 aliphatic carbocycles. The molecule has 2 N–H and O–H groups in total. The Morgan fingerprint density at radius 1 is 0.762 bits per heavy atom. The standard InChI is InChI=1S/C35H29N3O4/c1-23-12-14-25(15-13-23)20-33(40)37-30-17-16-27(21-29(30)35(42)26-8-4-3-5-9-26)36-32(39)18-19-34(41)38-22-24(2)28-10-6-7-11-31(28)38/h3-19,21-22H,20H2,1-2H3,(H,36,39)(H,37,40)/b19-18+. The van der Waals surface area contributed by atoms with Gasteiger partial charge in [-0.2, -0.15) is 0 Å². The van der Waals surface area contributed by atoms with Crippen LogP contribution in [0.25, 0.3) is 10.9 Å². The van der Waals surface area contributed by atoms with Crippen LogP contribution in [0.15, 0.2) is 115 Å². The number of hydrogen-bond donors (Lipinski definition) is 2. The summed E-state index contributed by atoms with van der Waals surface area (Å²) in [6, 6.07) is 28.6. The van der Waals surface area contributed by atoms with Crippen molar-refractivity contribution in [3.8, 4) is 0 Å². The summed E-state index contributed by atoms with van der Waals surface area (Å²) >= 11 is 0. The molecule has 0 saturated heterocycles. The minimum Gasteiger partial charge on any atom is -0.325 e. The highest BCUT2D eigenvalue weighted by Gasteiger charge is 2.17. The third kappa shape index (κ3) is 6.42. The van der Waals surface area contributed by atoms with Gasteiger partial charge in [0.25, 0.3) is 5.91 Å². The molecule has 7 nitrogen and oxygen atoms in total. The predicted octanol–water partition coefficient (Wildman–Crippen LogP) is 6.51. The van der Waals surface area contributed by atoms with Crippen LogP contribution < -0.4 is 10.6 Å². The summed E-state index contributed by atoms with van der Waals surface area (Å²) in [6.45, 7) is 3.90. The number of rotatable bonds is 8. The molecule has 1 aromatic heterocycles. The minimum atomic E-state index is -0.536. The molecule has 1 heterocycles. The highest BCUT2D eigenvalue weighted by molar-refractivity contribution is 6.15. The van der Waals surface area contributed by atoms with E-state index in [2.05, 4.69) is 10.6 Å². The van der Waals surface area contributed by atoms with E-state index < -0.39 is 5.91 Å². The number of carbonyl (C=O) groups is 4. The fourth-order valence-corrected chi connectivity index (χ4v) is 4.69. The molecule has 7 heteroatoms. The van der Waals surface area contributed by atoms with Crippen molar-refractivity contribution in [2.45, 2.75) is 20.3 Å². The SMILES string of the molecule is Cc1ccc(CC(=O)Nc2ccc(NC(=O)/C=C/C(=O)n3cc(C)c4ccccc43)cc2C(=O)c2ccccc2)cc1. The number of anilines is 2. The largest absolute Gasteiger partial charge is 0.325 e. The average molecular weight is 556 g/mol. The molecule has 5 aromatic rings. The molecule has 0 aliphatic rings. The van der Waals surface area contributed by atoms with E-state index in [0.717, 1.165) is 33.7 Å². The number of aryl methyl sites for hydroxylation is 2. The summed E-state index contributed by atoms with van der Waals surface area (Å²) in [4.78, 5) is 51.9. The zero-order valence-electron chi connectivity index (χ0n) is 23.3. The van der Waals surface area contributed by atoms with Crippen LogP contribution in [0.1, 0.15) is 37.4 Å². The van der Waals surface area contributed by atoms with Crippen molar-refractivity contribution >= 4 is 45.8 Å². The molecule has 2 amide bonds. The Balaban J connectivity index is 1.35. The maximum atomic E-state index is 13.4. The van der Waals surface area contributed by atoms with Crippen molar-refractivity contribution < 1.29 is 19.2 Å². The van der Waals surface area contributed by atoms with Gasteiger partial charge in [0, 0.05) is 40.5 Å². The van der Waals surface area contributed by atoms with Gasteiger partial charge in [-0.15, -0.1) is 0 Å². The lowest BCUT2D eigenvalue weighted by molar-refractivity contribution is -0.115. The number of hydrogen-bond acceptors (Lipinski definition) is 4. The Morgan fingerprint density at radius 2 is 1.48 bits per heavy atom. The molecule has 0 fully saturated rings. The monoisotopic (exact) mass is 555 g/mol. The van der Waals surface area contributed by atoms with E-state index in [-0.39, 0.29) is 29.6 Å². The van der Waals surface area contributed by atoms with Gasteiger partial charge in [-0.05, 0) is 49.2 Å². The number of ketones is 1. The first kappa shape index (κ1) is 28.0. The molecule has 0 spiro atoms. The van der Waals surface area contributed by atoms with Gasteiger partial charge in [-0.3, -0.25) is 23.7 Å². The number of aromatic nitrogens is 1. The fourth-order valence-electron chi connectivity index (χ4n) is 4.69. The van der Waals surface area contributed by atoms with E-state index in [0.29, 0.717) is 16.9 Å². The summed E-state index contributed by atoms with van der Waals surface area (Å²) in [5, 5.41) is 6.52. The number of fused-ring (bicyclic) bond motifs is 1. The molecule has 0 radical (unpaired) electrons. The third-order valence-electron chi connectivity index (χ3n) is 6.85. The van der Waals surface area contributed by atoms with Gasteiger partial charge in [0.05, 0.1) is 17.6 Å². The van der Waals surface area contributed by atoms with Crippen molar-refractivity contribution in [3.05, 3.63) is 143 Å². The first-order valence-corrected chi connectivity index (χ1v) is 13.5. The zero-order chi connectivity index (χ0) is 29.6. The summed E-state index contributed by atoms with van der Waals surface area (Å²) < 4.78 is 1.50. The summed E-state index contributed by atoms with van der Waals surface area (Å²) in [5.41, 5.74) is 5.00. The third-order valence-corrected chi connectivity index (χ3v) is 6.85. The first-order valence-electron chi connectivity index (χ1n) is 13.5. The maximum Gasteiger partial charge on any atom is 0.255 e. The van der Waals surface area contributed by atoms with Gasteiger partial charge in [-0.25, -0.2) is 0 Å². The summed E-state index contributed by atoms with van der Waals surface area (Å²) in [7, 11) is 0. The molecule has 0 unspecified atom stereocenters. The van der Waals surface area contributed by atoms with Crippen molar-refractivity contribution in [2.75, 3.05) is 10.6 Å². The van der Waals surface area contributed by atoms with Crippen molar-refractivity contribution in [3.63, 3.8) is 0 Å².